The van der Waals surface area contributed by atoms with Gasteiger partial charge < -0.3 is 15.1 Å². The first kappa shape index (κ1) is 15.3. The van der Waals surface area contributed by atoms with E-state index in [2.05, 4.69) is 21.7 Å². The fourth-order valence-corrected chi connectivity index (χ4v) is 1.76. The van der Waals surface area contributed by atoms with E-state index < -0.39 is 0 Å². The number of anilines is 1. The van der Waals surface area contributed by atoms with Gasteiger partial charge in [-0.15, -0.1) is 0 Å². The summed E-state index contributed by atoms with van der Waals surface area (Å²) in [5.74, 6) is 1.74. The molecule has 0 aliphatic rings. The Labute approximate surface area is 128 Å². The van der Waals surface area contributed by atoms with E-state index in [1.807, 2.05) is 13.0 Å². The molecule has 6 nitrogen and oxygen atoms in total. The molecule has 0 spiro atoms. The van der Waals surface area contributed by atoms with Gasteiger partial charge in [0.25, 0.3) is 0 Å². The highest BCUT2D eigenvalue weighted by atomic mass is 16.3. The number of amides is 1. The number of carbonyl (C=O) groups is 1. The number of nitrogens with zero attached hydrogens (tertiary/aromatic N) is 2. The van der Waals surface area contributed by atoms with E-state index in [0.717, 1.165) is 5.76 Å². The number of nitrogens with one attached hydrogen (secondary N) is 2. The normalized spacial score (nSPS) is 10.4. The summed E-state index contributed by atoms with van der Waals surface area (Å²) in [6, 6.07) is 9.07. The van der Waals surface area contributed by atoms with Crippen LogP contribution in [-0.4, -0.2) is 24.0 Å². The van der Waals surface area contributed by atoms with Crippen LogP contribution in [0.5, 0.6) is 0 Å². The zero-order valence-corrected chi connectivity index (χ0v) is 12.2. The Hall–Kier alpha value is -3.07. The van der Waals surface area contributed by atoms with Gasteiger partial charge in [-0.1, -0.05) is 0 Å². The van der Waals surface area contributed by atoms with Crippen molar-refractivity contribution in [2.24, 2.45) is 0 Å². The van der Waals surface area contributed by atoms with Crippen LogP contribution in [0.1, 0.15) is 17.1 Å². The van der Waals surface area contributed by atoms with Crippen LogP contribution in [0.15, 0.2) is 41.0 Å². The highest BCUT2D eigenvalue weighted by Crippen LogP contribution is 2.09. The molecule has 22 heavy (non-hydrogen) atoms. The minimum absolute atomic E-state index is 0.211. The van der Waals surface area contributed by atoms with Gasteiger partial charge in [0.2, 0.25) is 5.91 Å². The average Bonchev–Trinajstić information content (AvgIpc) is 2.95. The van der Waals surface area contributed by atoms with Crippen LogP contribution in [-0.2, 0) is 4.79 Å². The molecule has 0 saturated heterocycles. The summed E-state index contributed by atoms with van der Waals surface area (Å²) in [5.41, 5.74) is 0.474. The van der Waals surface area contributed by atoms with Crippen LogP contribution in [0.3, 0.4) is 0 Å². The predicted molar refractivity (Wildman–Crippen MR) is 82.9 cm³/mol. The van der Waals surface area contributed by atoms with Gasteiger partial charge in [-0.05, 0) is 37.3 Å². The molecule has 2 aromatic heterocycles. The first-order valence-corrected chi connectivity index (χ1v) is 6.80. The maximum absolute atomic E-state index is 11.6. The van der Waals surface area contributed by atoms with E-state index in [-0.39, 0.29) is 5.91 Å². The molecular weight excluding hydrogens is 280 g/mol. The van der Waals surface area contributed by atoms with Crippen LogP contribution in [0.25, 0.3) is 6.08 Å². The van der Waals surface area contributed by atoms with E-state index in [1.54, 1.807) is 30.5 Å². The molecule has 2 rings (SSSR count). The number of aryl methyl sites for hydroxylation is 1. The molecule has 1 amide bonds. The number of hydrogen-bond donors (Lipinski definition) is 2. The summed E-state index contributed by atoms with van der Waals surface area (Å²) in [7, 11) is 0. The fourth-order valence-electron chi connectivity index (χ4n) is 1.76. The number of aromatic nitrogens is 1. The lowest BCUT2D eigenvalue weighted by Gasteiger charge is -2.06. The van der Waals surface area contributed by atoms with Crippen molar-refractivity contribution in [1.82, 2.24) is 10.3 Å². The lowest BCUT2D eigenvalue weighted by Crippen LogP contribution is -2.27. The van der Waals surface area contributed by atoms with Crippen molar-refractivity contribution >= 4 is 17.8 Å². The summed E-state index contributed by atoms with van der Waals surface area (Å²) in [5, 5.41) is 14.7. The van der Waals surface area contributed by atoms with Crippen LogP contribution < -0.4 is 10.6 Å². The standard InChI is InChI=1S/C16H16N4O2/c1-12-4-5-14(22-12)6-7-15(21)18-9-10-20-16-13(11-17)3-2-8-19-16/h2-8H,9-10H2,1H3,(H,18,21)(H,19,20). The van der Waals surface area contributed by atoms with Gasteiger partial charge in [0, 0.05) is 25.4 Å². The second-order valence-electron chi connectivity index (χ2n) is 4.51. The highest BCUT2D eigenvalue weighted by Gasteiger charge is 2.01. The maximum Gasteiger partial charge on any atom is 0.244 e. The highest BCUT2D eigenvalue weighted by molar-refractivity contribution is 5.91. The quantitative estimate of drug-likeness (QED) is 0.629. The van der Waals surface area contributed by atoms with Crippen LogP contribution >= 0.6 is 0 Å². The third-order valence-electron chi connectivity index (χ3n) is 2.80. The summed E-state index contributed by atoms with van der Waals surface area (Å²) in [6.45, 7) is 2.74. The molecule has 0 aliphatic heterocycles. The van der Waals surface area contributed by atoms with Crippen molar-refractivity contribution in [3.63, 3.8) is 0 Å². The largest absolute Gasteiger partial charge is 0.462 e. The summed E-state index contributed by atoms with van der Waals surface area (Å²) < 4.78 is 5.32. The topological polar surface area (TPSA) is 91.0 Å². The molecule has 112 valence electrons. The van der Waals surface area contributed by atoms with Crippen molar-refractivity contribution in [3.8, 4) is 6.07 Å². The number of rotatable bonds is 6. The van der Waals surface area contributed by atoms with Crippen molar-refractivity contribution in [1.29, 1.82) is 5.26 Å². The molecule has 0 unspecified atom stereocenters. The van der Waals surface area contributed by atoms with Gasteiger partial charge in [0.05, 0.1) is 5.56 Å². The van der Waals surface area contributed by atoms with Crippen LogP contribution in [0.4, 0.5) is 5.82 Å². The maximum atomic E-state index is 11.6. The number of hydrogen-bond acceptors (Lipinski definition) is 5. The SMILES string of the molecule is Cc1ccc(C=CC(=O)NCCNc2ncccc2C#N)o1. The average molecular weight is 296 g/mol. The second-order valence-corrected chi connectivity index (χ2v) is 4.51. The molecule has 0 aromatic carbocycles. The summed E-state index contributed by atoms with van der Waals surface area (Å²) in [6.07, 6.45) is 4.64. The molecule has 2 heterocycles. The second kappa shape index (κ2) is 7.64. The van der Waals surface area contributed by atoms with Crippen molar-refractivity contribution < 1.29 is 9.21 Å². The molecule has 0 aliphatic carbocycles. The van der Waals surface area contributed by atoms with Crippen LogP contribution in [0, 0.1) is 18.3 Å². The molecule has 2 aromatic rings. The van der Waals surface area contributed by atoms with E-state index in [1.165, 1.54) is 6.08 Å². The first-order chi connectivity index (χ1) is 10.7. The zero-order chi connectivity index (χ0) is 15.8. The van der Waals surface area contributed by atoms with E-state index >= 15 is 0 Å². The van der Waals surface area contributed by atoms with Gasteiger partial charge in [0.1, 0.15) is 23.4 Å². The molecule has 2 N–H and O–H groups in total. The Kier molecular flexibility index (Phi) is 5.32. The molecule has 0 atom stereocenters. The number of furan rings is 1. The third kappa shape index (κ3) is 4.49. The van der Waals surface area contributed by atoms with E-state index in [4.69, 9.17) is 9.68 Å². The summed E-state index contributed by atoms with van der Waals surface area (Å²) in [4.78, 5) is 15.7. The third-order valence-corrected chi connectivity index (χ3v) is 2.80. The van der Waals surface area contributed by atoms with Gasteiger partial charge in [-0.2, -0.15) is 5.26 Å². The Balaban J connectivity index is 1.73. The lowest BCUT2D eigenvalue weighted by molar-refractivity contribution is -0.116. The van der Waals surface area contributed by atoms with E-state index in [0.29, 0.717) is 30.2 Å². The van der Waals surface area contributed by atoms with Crippen molar-refractivity contribution in [2.75, 3.05) is 18.4 Å². The molecular formula is C16H16N4O2. The minimum Gasteiger partial charge on any atom is -0.462 e. The summed E-state index contributed by atoms with van der Waals surface area (Å²) >= 11 is 0. The Morgan fingerprint density at radius 1 is 1.41 bits per heavy atom. The smallest absolute Gasteiger partial charge is 0.244 e. The van der Waals surface area contributed by atoms with Gasteiger partial charge in [0.15, 0.2) is 0 Å². The lowest BCUT2D eigenvalue weighted by atomic mass is 10.3. The van der Waals surface area contributed by atoms with Crippen molar-refractivity contribution in [2.45, 2.75) is 6.92 Å². The van der Waals surface area contributed by atoms with E-state index in [9.17, 15) is 4.79 Å². The molecule has 6 heteroatoms. The molecule has 0 saturated carbocycles. The fraction of sp³-hybridized carbons (Fsp3) is 0.188. The predicted octanol–water partition coefficient (Wildman–Crippen LogP) is 2.10. The number of pyridine rings is 1. The Morgan fingerprint density at radius 2 is 2.27 bits per heavy atom. The molecule has 0 fully saturated rings. The van der Waals surface area contributed by atoms with Crippen LogP contribution in [0.2, 0.25) is 0 Å². The van der Waals surface area contributed by atoms with Gasteiger partial charge in [-0.25, -0.2) is 4.98 Å². The first-order valence-electron chi connectivity index (χ1n) is 6.80. The molecule has 0 radical (unpaired) electrons. The Bertz CT molecular complexity index is 713. The number of nitriles is 1. The minimum atomic E-state index is -0.211. The number of carbonyl (C=O) groups excluding carboxylic acids is 1. The zero-order valence-electron chi connectivity index (χ0n) is 12.2. The van der Waals surface area contributed by atoms with Crippen molar-refractivity contribution in [3.05, 3.63) is 53.6 Å². The Morgan fingerprint density at radius 3 is 3.00 bits per heavy atom. The van der Waals surface area contributed by atoms with Gasteiger partial charge >= 0.3 is 0 Å². The molecule has 0 bridgehead atoms. The van der Waals surface area contributed by atoms with Gasteiger partial charge in [-0.3, -0.25) is 4.79 Å². The monoisotopic (exact) mass is 296 g/mol.